The highest BCUT2D eigenvalue weighted by Crippen LogP contribution is 2.23. The zero-order valence-electron chi connectivity index (χ0n) is 11.2. The van der Waals surface area contributed by atoms with Crippen LogP contribution in [-0.2, 0) is 9.59 Å². The first kappa shape index (κ1) is 14.2. The average Bonchev–Trinajstić information content (AvgIpc) is 2.28. The second-order valence-electron chi connectivity index (χ2n) is 5.15. The van der Waals surface area contributed by atoms with Gasteiger partial charge in [0, 0.05) is 19.2 Å². The van der Waals surface area contributed by atoms with Crippen LogP contribution in [0.2, 0.25) is 0 Å². The van der Waals surface area contributed by atoms with Crippen LogP contribution in [0.4, 0.5) is 5.69 Å². The van der Waals surface area contributed by atoms with Crippen LogP contribution in [0.15, 0.2) is 24.3 Å². The number of anilines is 1. The number of amides is 1. The van der Waals surface area contributed by atoms with Crippen LogP contribution in [0, 0.1) is 12.3 Å². The lowest BCUT2D eigenvalue weighted by Crippen LogP contribution is -2.34. The van der Waals surface area contributed by atoms with Crippen molar-refractivity contribution in [2.45, 2.75) is 27.2 Å². The van der Waals surface area contributed by atoms with Crippen molar-refractivity contribution in [2.75, 3.05) is 11.9 Å². The summed E-state index contributed by atoms with van der Waals surface area (Å²) in [5.41, 5.74) is 0.841. The topological polar surface area (TPSA) is 57.6 Å². The molecule has 1 amide bonds. The van der Waals surface area contributed by atoms with E-state index in [1.165, 1.54) is 4.90 Å². The maximum Gasteiger partial charge on any atom is 0.309 e. The fourth-order valence-electron chi connectivity index (χ4n) is 1.48. The number of carbonyl (C=O) groups excluding carboxylic acids is 1. The fourth-order valence-corrected chi connectivity index (χ4v) is 1.48. The summed E-state index contributed by atoms with van der Waals surface area (Å²) in [5.74, 6) is -1.17. The van der Waals surface area contributed by atoms with Crippen molar-refractivity contribution in [3.05, 3.63) is 29.8 Å². The van der Waals surface area contributed by atoms with E-state index in [1.54, 1.807) is 20.9 Å². The number of aryl methyl sites for hydroxylation is 1. The van der Waals surface area contributed by atoms with Gasteiger partial charge in [0.25, 0.3) is 0 Å². The molecule has 0 aliphatic heterocycles. The van der Waals surface area contributed by atoms with Crippen molar-refractivity contribution < 1.29 is 14.7 Å². The Labute approximate surface area is 107 Å². The lowest BCUT2D eigenvalue weighted by atomic mass is 9.89. The Morgan fingerprint density at radius 1 is 1.22 bits per heavy atom. The Hall–Kier alpha value is -1.84. The molecule has 0 bridgehead atoms. The molecule has 4 heteroatoms. The van der Waals surface area contributed by atoms with Gasteiger partial charge in [-0.15, -0.1) is 0 Å². The molecule has 1 aromatic carbocycles. The number of benzene rings is 1. The third-order valence-electron chi connectivity index (χ3n) is 2.97. The lowest BCUT2D eigenvalue weighted by Gasteiger charge is -2.23. The monoisotopic (exact) mass is 249 g/mol. The van der Waals surface area contributed by atoms with E-state index in [1.807, 2.05) is 31.2 Å². The molecule has 0 saturated carbocycles. The maximum atomic E-state index is 12.0. The summed E-state index contributed by atoms with van der Waals surface area (Å²) < 4.78 is 0. The van der Waals surface area contributed by atoms with Crippen LogP contribution in [0.1, 0.15) is 25.8 Å². The first-order valence-corrected chi connectivity index (χ1v) is 5.80. The molecule has 0 aliphatic rings. The molecule has 0 heterocycles. The van der Waals surface area contributed by atoms with Crippen LogP contribution in [0.5, 0.6) is 0 Å². The van der Waals surface area contributed by atoms with Crippen LogP contribution < -0.4 is 4.90 Å². The first-order valence-electron chi connectivity index (χ1n) is 5.80. The van der Waals surface area contributed by atoms with Gasteiger partial charge in [0.15, 0.2) is 0 Å². The normalized spacial score (nSPS) is 11.1. The van der Waals surface area contributed by atoms with Crippen molar-refractivity contribution in [3.63, 3.8) is 0 Å². The smallest absolute Gasteiger partial charge is 0.309 e. The van der Waals surface area contributed by atoms with Gasteiger partial charge in [-0.25, -0.2) is 0 Å². The maximum absolute atomic E-state index is 12.0. The Bertz CT molecular complexity index is 449. The molecule has 1 N–H and O–H groups in total. The summed E-state index contributed by atoms with van der Waals surface area (Å²) in [6, 6.07) is 7.53. The van der Waals surface area contributed by atoms with Gasteiger partial charge in [0.1, 0.15) is 0 Å². The minimum atomic E-state index is -1.05. The Morgan fingerprint density at radius 3 is 2.17 bits per heavy atom. The third kappa shape index (κ3) is 3.32. The van der Waals surface area contributed by atoms with E-state index >= 15 is 0 Å². The summed E-state index contributed by atoms with van der Waals surface area (Å²) in [5, 5.41) is 9.01. The van der Waals surface area contributed by atoms with Crippen molar-refractivity contribution in [3.8, 4) is 0 Å². The molecule has 0 radical (unpaired) electrons. The van der Waals surface area contributed by atoms with E-state index in [0.717, 1.165) is 11.3 Å². The molecule has 0 aromatic heterocycles. The molecule has 98 valence electrons. The average molecular weight is 249 g/mol. The van der Waals surface area contributed by atoms with Gasteiger partial charge in [-0.2, -0.15) is 0 Å². The molecule has 1 aromatic rings. The molecule has 0 fully saturated rings. The number of carbonyl (C=O) groups is 2. The second-order valence-corrected chi connectivity index (χ2v) is 5.15. The summed E-state index contributed by atoms with van der Waals surface area (Å²) in [7, 11) is 1.66. The number of carboxylic acids is 1. The predicted octanol–water partition coefficient (Wildman–Crippen LogP) is 2.46. The molecule has 0 saturated heterocycles. The molecule has 0 spiro atoms. The highest BCUT2D eigenvalue weighted by Gasteiger charge is 2.31. The largest absolute Gasteiger partial charge is 0.481 e. The van der Waals surface area contributed by atoms with Gasteiger partial charge < -0.3 is 10.0 Å². The number of rotatable bonds is 4. The molecule has 4 nitrogen and oxygen atoms in total. The van der Waals surface area contributed by atoms with Crippen molar-refractivity contribution in [1.82, 2.24) is 0 Å². The SMILES string of the molecule is Cc1ccc(N(C)C(=O)CC(C)(C)C(=O)O)cc1. The van der Waals surface area contributed by atoms with E-state index in [4.69, 9.17) is 5.11 Å². The predicted molar refractivity (Wildman–Crippen MR) is 70.6 cm³/mol. The van der Waals surface area contributed by atoms with Gasteiger partial charge >= 0.3 is 5.97 Å². The van der Waals surface area contributed by atoms with Crippen LogP contribution in [0.3, 0.4) is 0 Å². The standard InChI is InChI=1S/C14H19NO3/c1-10-5-7-11(8-6-10)15(4)12(16)9-14(2,3)13(17)18/h5-8H,9H2,1-4H3,(H,17,18). The van der Waals surface area contributed by atoms with Crippen LogP contribution in [0.25, 0.3) is 0 Å². The fraction of sp³-hybridized carbons (Fsp3) is 0.429. The molecule has 0 aliphatic carbocycles. The van der Waals surface area contributed by atoms with Gasteiger partial charge in [-0.05, 0) is 32.9 Å². The van der Waals surface area contributed by atoms with Crippen molar-refractivity contribution in [1.29, 1.82) is 0 Å². The van der Waals surface area contributed by atoms with Crippen molar-refractivity contribution in [2.24, 2.45) is 5.41 Å². The lowest BCUT2D eigenvalue weighted by molar-refractivity contribution is -0.149. The number of hydrogen-bond acceptors (Lipinski definition) is 2. The minimum Gasteiger partial charge on any atom is -0.481 e. The zero-order valence-corrected chi connectivity index (χ0v) is 11.2. The summed E-state index contributed by atoms with van der Waals surface area (Å²) >= 11 is 0. The number of carboxylic acid groups (broad SMARTS) is 1. The van der Waals surface area contributed by atoms with Gasteiger partial charge in [-0.1, -0.05) is 17.7 Å². The number of aliphatic carboxylic acids is 1. The third-order valence-corrected chi connectivity index (χ3v) is 2.97. The van der Waals surface area contributed by atoms with Crippen LogP contribution in [-0.4, -0.2) is 24.0 Å². The van der Waals surface area contributed by atoms with Gasteiger partial charge in [0.05, 0.1) is 5.41 Å². The molecule has 0 atom stereocenters. The van der Waals surface area contributed by atoms with E-state index in [2.05, 4.69) is 0 Å². The van der Waals surface area contributed by atoms with E-state index in [-0.39, 0.29) is 12.3 Å². The number of hydrogen-bond donors (Lipinski definition) is 1. The summed E-state index contributed by atoms with van der Waals surface area (Å²) in [6.07, 6.45) is -0.0211. The highest BCUT2D eigenvalue weighted by molar-refractivity contribution is 5.95. The second kappa shape index (κ2) is 5.21. The molecule has 0 unspecified atom stereocenters. The Balaban J connectivity index is 2.79. The Kier molecular flexibility index (Phi) is 4.11. The quantitative estimate of drug-likeness (QED) is 0.891. The van der Waals surface area contributed by atoms with E-state index < -0.39 is 11.4 Å². The molecule has 1 rings (SSSR count). The first-order chi connectivity index (χ1) is 8.24. The van der Waals surface area contributed by atoms with E-state index in [9.17, 15) is 9.59 Å². The zero-order chi connectivity index (χ0) is 13.9. The summed E-state index contributed by atoms with van der Waals surface area (Å²) in [6.45, 7) is 5.07. The summed E-state index contributed by atoms with van der Waals surface area (Å²) in [4.78, 5) is 24.5. The molecule has 18 heavy (non-hydrogen) atoms. The minimum absolute atomic E-state index is 0.0211. The number of nitrogens with zero attached hydrogens (tertiary/aromatic N) is 1. The van der Waals surface area contributed by atoms with Gasteiger partial charge in [0.2, 0.25) is 5.91 Å². The Morgan fingerprint density at radius 2 is 1.72 bits per heavy atom. The van der Waals surface area contributed by atoms with Crippen molar-refractivity contribution >= 4 is 17.6 Å². The van der Waals surface area contributed by atoms with E-state index in [0.29, 0.717) is 0 Å². The highest BCUT2D eigenvalue weighted by atomic mass is 16.4. The van der Waals surface area contributed by atoms with Gasteiger partial charge in [-0.3, -0.25) is 9.59 Å². The molecular formula is C14H19NO3. The molecular weight excluding hydrogens is 230 g/mol. The van der Waals surface area contributed by atoms with Crippen LogP contribution >= 0.6 is 0 Å².